The molecule has 0 saturated carbocycles. The van der Waals surface area contributed by atoms with Gasteiger partial charge in [-0.05, 0) is 36.4 Å². The number of cyclic esters (lactones) is 1. The maximum Gasteiger partial charge on any atom is 0.416 e. The van der Waals surface area contributed by atoms with Gasteiger partial charge in [0.1, 0.15) is 18.1 Å². The topological polar surface area (TPSA) is 35.5 Å². The number of alkyl halides is 3. The van der Waals surface area contributed by atoms with E-state index in [0.29, 0.717) is 16.9 Å². The highest BCUT2D eigenvalue weighted by Crippen LogP contribution is 2.37. The SMILES string of the molecule is O=C1OCc2cc(Oc3ccc(C(F)(F)F)cc3Cl)ccc21. The van der Waals surface area contributed by atoms with Gasteiger partial charge in [0.25, 0.3) is 0 Å². The summed E-state index contributed by atoms with van der Waals surface area (Å²) >= 11 is 5.82. The molecule has 3 rings (SSSR count). The van der Waals surface area contributed by atoms with Crippen LogP contribution in [0.4, 0.5) is 13.2 Å². The Hall–Kier alpha value is -2.21. The van der Waals surface area contributed by atoms with Crippen molar-refractivity contribution in [2.75, 3.05) is 0 Å². The van der Waals surface area contributed by atoms with E-state index in [2.05, 4.69) is 0 Å². The van der Waals surface area contributed by atoms with Crippen LogP contribution in [0.25, 0.3) is 0 Å². The van der Waals surface area contributed by atoms with Crippen LogP contribution in [0, 0.1) is 0 Å². The molecular weight excluding hydrogens is 321 g/mol. The van der Waals surface area contributed by atoms with Crippen molar-refractivity contribution >= 4 is 17.6 Å². The first-order valence-corrected chi connectivity index (χ1v) is 6.57. The molecule has 2 aromatic rings. The van der Waals surface area contributed by atoms with Crippen molar-refractivity contribution in [2.45, 2.75) is 12.8 Å². The molecule has 0 spiro atoms. The average Bonchev–Trinajstić information content (AvgIpc) is 2.81. The largest absolute Gasteiger partial charge is 0.457 e. The molecule has 0 amide bonds. The highest BCUT2D eigenvalue weighted by atomic mass is 35.5. The summed E-state index contributed by atoms with van der Waals surface area (Å²) in [7, 11) is 0. The molecule has 0 N–H and O–H groups in total. The van der Waals surface area contributed by atoms with E-state index in [9.17, 15) is 18.0 Å². The van der Waals surface area contributed by atoms with Crippen molar-refractivity contribution in [3.05, 3.63) is 58.1 Å². The van der Waals surface area contributed by atoms with Gasteiger partial charge in [0.2, 0.25) is 0 Å². The number of hydrogen-bond donors (Lipinski definition) is 0. The average molecular weight is 329 g/mol. The molecule has 1 aliphatic rings. The first kappa shape index (κ1) is 14.7. The molecule has 0 atom stereocenters. The molecular formula is C15H8ClF3O3. The Balaban J connectivity index is 1.86. The Morgan fingerprint density at radius 3 is 2.59 bits per heavy atom. The van der Waals surface area contributed by atoms with Crippen molar-refractivity contribution in [3.8, 4) is 11.5 Å². The van der Waals surface area contributed by atoms with Crippen molar-refractivity contribution in [3.63, 3.8) is 0 Å². The number of halogens is 4. The minimum Gasteiger partial charge on any atom is -0.457 e. The molecule has 0 radical (unpaired) electrons. The molecule has 0 unspecified atom stereocenters. The summed E-state index contributed by atoms with van der Waals surface area (Å²) in [6.07, 6.45) is -4.46. The van der Waals surface area contributed by atoms with Crippen molar-refractivity contribution in [1.29, 1.82) is 0 Å². The zero-order chi connectivity index (χ0) is 15.9. The zero-order valence-corrected chi connectivity index (χ0v) is 11.7. The predicted octanol–water partition coefficient (Wildman–Crippen LogP) is 4.82. The second-order valence-corrected chi connectivity index (χ2v) is 5.05. The summed E-state index contributed by atoms with van der Waals surface area (Å²) in [6.45, 7) is 0.145. The van der Waals surface area contributed by atoms with Crippen LogP contribution >= 0.6 is 11.6 Å². The van der Waals surface area contributed by atoms with Crippen molar-refractivity contribution in [1.82, 2.24) is 0 Å². The Bertz CT molecular complexity index is 756. The molecule has 22 heavy (non-hydrogen) atoms. The monoisotopic (exact) mass is 328 g/mol. The number of rotatable bonds is 2. The molecule has 0 saturated heterocycles. The fourth-order valence-corrected chi connectivity index (χ4v) is 2.28. The maximum absolute atomic E-state index is 12.6. The summed E-state index contributed by atoms with van der Waals surface area (Å²) in [6, 6.07) is 7.50. The van der Waals surface area contributed by atoms with Crippen LogP contribution < -0.4 is 4.74 Å². The van der Waals surface area contributed by atoms with Crippen molar-refractivity contribution < 1.29 is 27.4 Å². The molecule has 0 fully saturated rings. The Morgan fingerprint density at radius 2 is 1.91 bits per heavy atom. The lowest BCUT2D eigenvalue weighted by atomic mass is 10.1. The van der Waals surface area contributed by atoms with Gasteiger partial charge in [0.05, 0.1) is 16.1 Å². The van der Waals surface area contributed by atoms with Crippen molar-refractivity contribution in [2.24, 2.45) is 0 Å². The second-order valence-electron chi connectivity index (χ2n) is 4.64. The third-order valence-corrected chi connectivity index (χ3v) is 3.44. The standard InChI is InChI=1S/C15H8ClF3O3/c16-12-6-9(15(17,18)19)1-4-13(12)22-10-2-3-11-8(5-10)7-21-14(11)20/h1-6H,7H2. The quantitative estimate of drug-likeness (QED) is 0.741. The molecule has 114 valence electrons. The normalized spacial score (nSPS) is 13.7. The highest BCUT2D eigenvalue weighted by molar-refractivity contribution is 6.32. The summed E-state index contributed by atoms with van der Waals surface area (Å²) in [5.41, 5.74) is 0.259. The lowest BCUT2D eigenvalue weighted by Crippen LogP contribution is -2.04. The number of esters is 1. The summed E-state index contributed by atoms with van der Waals surface area (Å²) in [5.74, 6) is 0.0488. The van der Waals surface area contributed by atoms with Crippen LogP contribution in [-0.4, -0.2) is 5.97 Å². The van der Waals surface area contributed by atoms with Gasteiger partial charge in [-0.25, -0.2) is 4.79 Å². The number of hydrogen-bond acceptors (Lipinski definition) is 3. The van der Waals surface area contributed by atoms with Gasteiger partial charge in [0.15, 0.2) is 0 Å². The number of carbonyl (C=O) groups is 1. The van der Waals surface area contributed by atoms with Gasteiger partial charge in [-0.1, -0.05) is 11.6 Å². The lowest BCUT2D eigenvalue weighted by molar-refractivity contribution is -0.137. The number of fused-ring (bicyclic) bond motifs is 1. The Kier molecular flexibility index (Phi) is 3.48. The molecule has 0 bridgehead atoms. The molecule has 1 aliphatic heterocycles. The van der Waals surface area contributed by atoms with E-state index in [1.165, 1.54) is 12.1 Å². The van der Waals surface area contributed by atoms with Crippen LogP contribution in [0.15, 0.2) is 36.4 Å². The van der Waals surface area contributed by atoms with Crippen LogP contribution in [0.2, 0.25) is 5.02 Å². The first-order valence-electron chi connectivity index (χ1n) is 6.19. The number of ether oxygens (including phenoxy) is 2. The van der Waals surface area contributed by atoms with Gasteiger partial charge in [-0.3, -0.25) is 0 Å². The van der Waals surface area contributed by atoms with Crippen LogP contribution in [0.5, 0.6) is 11.5 Å². The predicted molar refractivity (Wildman–Crippen MR) is 72.1 cm³/mol. The number of carbonyl (C=O) groups excluding carboxylic acids is 1. The molecule has 0 aliphatic carbocycles. The zero-order valence-electron chi connectivity index (χ0n) is 10.9. The minimum absolute atomic E-state index is 0.0971. The molecule has 3 nitrogen and oxygen atoms in total. The van der Waals surface area contributed by atoms with Gasteiger partial charge in [-0.2, -0.15) is 13.2 Å². The third kappa shape index (κ3) is 2.74. The maximum atomic E-state index is 12.6. The highest BCUT2D eigenvalue weighted by Gasteiger charge is 2.31. The number of benzene rings is 2. The van der Waals surface area contributed by atoms with Gasteiger partial charge < -0.3 is 9.47 Å². The molecule has 1 heterocycles. The Morgan fingerprint density at radius 1 is 1.14 bits per heavy atom. The molecule has 2 aromatic carbocycles. The van der Waals surface area contributed by atoms with E-state index < -0.39 is 17.7 Å². The summed E-state index contributed by atoms with van der Waals surface area (Å²) in [4.78, 5) is 11.3. The fourth-order valence-electron chi connectivity index (χ4n) is 2.06. The van der Waals surface area contributed by atoms with Gasteiger partial charge in [-0.15, -0.1) is 0 Å². The third-order valence-electron chi connectivity index (χ3n) is 3.14. The van der Waals surface area contributed by atoms with E-state index in [0.717, 1.165) is 18.2 Å². The minimum atomic E-state index is -4.46. The van der Waals surface area contributed by atoms with E-state index >= 15 is 0 Å². The van der Waals surface area contributed by atoms with Gasteiger partial charge >= 0.3 is 12.1 Å². The van der Waals surface area contributed by atoms with Crippen LogP contribution in [-0.2, 0) is 17.5 Å². The Labute approximate surface area is 128 Å². The smallest absolute Gasteiger partial charge is 0.416 e. The van der Waals surface area contributed by atoms with E-state index in [1.807, 2.05) is 0 Å². The van der Waals surface area contributed by atoms with Crippen LogP contribution in [0.3, 0.4) is 0 Å². The lowest BCUT2D eigenvalue weighted by Gasteiger charge is -2.11. The molecule has 7 heteroatoms. The first-order chi connectivity index (χ1) is 10.3. The van der Waals surface area contributed by atoms with Crippen LogP contribution in [0.1, 0.15) is 21.5 Å². The van der Waals surface area contributed by atoms with E-state index in [1.54, 1.807) is 6.07 Å². The van der Waals surface area contributed by atoms with Gasteiger partial charge in [0, 0.05) is 5.56 Å². The summed E-state index contributed by atoms with van der Waals surface area (Å²) < 4.78 is 48.0. The molecule has 0 aromatic heterocycles. The summed E-state index contributed by atoms with van der Waals surface area (Å²) in [5, 5.41) is -0.150. The van der Waals surface area contributed by atoms with E-state index in [4.69, 9.17) is 21.1 Å². The second kappa shape index (κ2) is 5.21. The fraction of sp³-hybridized carbons (Fsp3) is 0.133. The van der Waals surface area contributed by atoms with E-state index in [-0.39, 0.29) is 17.4 Å².